The summed E-state index contributed by atoms with van der Waals surface area (Å²) in [5.41, 5.74) is 2.47. The molecule has 1 nitrogen and oxygen atoms in total. The Kier molecular flexibility index (Phi) is 4.45. The lowest BCUT2D eigenvalue weighted by Gasteiger charge is -2.18. The third-order valence-electron chi connectivity index (χ3n) is 3.42. The summed E-state index contributed by atoms with van der Waals surface area (Å²) in [4.78, 5) is 0. The summed E-state index contributed by atoms with van der Waals surface area (Å²) in [6, 6.07) is 8.29. The molecule has 0 heterocycles. The lowest BCUT2D eigenvalue weighted by Crippen LogP contribution is -2.19. The van der Waals surface area contributed by atoms with Crippen molar-refractivity contribution in [3.8, 4) is 0 Å². The number of aryl methyl sites for hydroxylation is 1. The van der Waals surface area contributed by atoms with Gasteiger partial charge in [-0.05, 0) is 61.3 Å². The molecule has 0 aromatic heterocycles. The summed E-state index contributed by atoms with van der Waals surface area (Å²) < 4.78 is 39.3. The molecule has 0 aliphatic carbocycles. The summed E-state index contributed by atoms with van der Waals surface area (Å²) >= 11 is 0. The number of likely N-dealkylation sites (N-methyl/N-ethyl adjacent to an activating group) is 1. The Bertz CT molecular complexity index is 611. The average molecular weight is 279 g/mol. The van der Waals surface area contributed by atoms with Crippen molar-refractivity contribution in [2.45, 2.75) is 19.4 Å². The van der Waals surface area contributed by atoms with Crippen molar-refractivity contribution in [1.29, 1.82) is 0 Å². The van der Waals surface area contributed by atoms with Gasteiger partial charge < -0.3 is 5.32 Å². The fourth-order valence-electron chi connectivity index (χ4n) is 2.22. The third kappa shape index (κ3) is 3.20. The molecular formula is C16H16F3N. The van der Waals surface area contributed by atoms with Gasteiger partial charge in [-0.1, -0.05) is 12.1 Å². The molecule has 2 aromatic rings. The van der Waals surface area contributed by atoms with E-state index in [0.29, 0.717) is 12.0 Å². The van der Waals surface area contributed by atoms with Crippen molar-refractivity contribution in [1.82, 2.24) is 5.32 Å². The molecule has 0 saturated heterocycles. The predicted octanol–water partition coefficient (Wildman–Crippen LogP) is 3.92. The van der Waals surface area contributed by atoms with E-state index in [1.165, 1.54) is 18.2 Å². The molecule has 0 aliphatic rings. The summed E-state index contributed by atoms with van der Waals surface area (Å²) in [7, 11) is 1.75. The van der Waals surface area contributed by atoms with E-state index < -0.39 is 11.6 Å². The van der Waals surface area contributed by atoms with Crippen molar-refractivity contribution in [2.24, 2.45) is 0 Å². The van der Waals surface area contributed by atoms with E-state index in [9.17, 15) is 13.2 Å². The van der Waals surface area contributed by atoms with E-state index in [2.05, 4.69) is 5.32 Å². The van der Waals surface area contributed by atoms with Gasteiger partial charge in [-0.15, -0.1) is 0 Å². The fourth-order valence-corrected chi connectivity index (χ4v) is 2.22. The fraction of sp³-hybridized carbons (Fsp3) is 0.250. The zero-order chi connectivity index (χ0) is 14.7. The van der Waals surface area contributed by atoms with Gasteiger partial charge in [0.15, 0.2) is 11.6 Å². The number of benzene rings is 2. The van der Waals surface area contributed by atoms with Gasteiger partial charge in [0.1, 0.15) is 5.82 Å². The first-order chi connectivity index (χ1) is 9.51. The second-order valence-electron chi connectivity index (χ2n) is 4.79. The molecule has 0 spiro atoms. The minimum Gasteiger partial charge on any atom is -0.313 e. The first kappa shape index (κ1) is 14.6. The molecule has 4 heteroatoms. The summed E-state index contributed by atoms with van der Waals surface area (Å²) in [5, 5.41) is 3.07. The Balaban J connectivity index is 2.26. The summed E-state index contributed by atoms with van der Waals surface area (Å²) in [6.45, 7) is 1.83. The van der Waals surface area contributed by atoms with Crippen molar-refractivity contribution in [3.63, 3.8) is 0 Å². The molecule has 2 aromatic carbocycles. The zero-order valence-corrected chi connectivity index (χ0v) is 11.4. The van der Waals surface area contributed by atoms with Crippen molar-refractivity contribution in [3.05, 3.63) is 70.5 Å². The SMILES string of the molecule is CNC(Cc1ccc(F)cc1C)c1ccc(F)c(F)c1. The van der Waals surface area contributed by atoms with E-state index >= 15 is 0 Å². The number of hydrogen-bond donors (Lipinski definition) is 1. The first-order valence-corrected chi connectivity index (χ1v) is 6.38. The van der Waals surface area contributed by atoms with Crippen LogP contribution in [0, 0.1) is 24.4 Å². The van der Waals surface area contributed by atoms with Gasteiger partial charge in [0.2, 0.25) is 0 Å². The summed E-state index contributed by atoms with van der Waals surface area (Å²) in [6.07, 6.45) is 0.577. The highest BCUT2D eigenvalue weighted by atomic mass is 19.2. The molecule has 20 heavy (non-hydrogen) atoms. The van der Waals surface area contributed by atoms with E-state index in [-0.39, 0.29) is 11.9 Å². The monoisotopic (exact) mass is 279 g/mol. The van der Waals surface area contributed by atoms with Crippen LogP contribution in [0.25, 0.3) is 0 Å². The molecule has 0 amide bonds. The van der Waals surface area contributed by atoms with E-state index in [1.54, 1.807) is 19.2 Å². The standard InChI is InChI=1S/C16H16F3N/c1-10-7-13(17)5-3-11(10)9-16(20-2)12-4-6-14(18)15(19)8-12/h3-8,16,20H,9H2,1-2H3. The van der Waals surface area contributed by atoms with Gasteiger partial charge >= 0.3 is 0 Å². The van der Waals surface area contributed by atoms with Gasteiger partial charge in [-0.3, -0.25) is 0 Å². The van der Waals surface area contributed by atoms with Crippen LogP contribution in [0.5, 0.6) is 0 Å². The lowest BCUT2D eigenvalue weighted by molar-refractivity contribution is 0.501. The van der Waals surface area contributed by atoms with Crippen LogP contribution < -0.4 is 5.32 Å². The highest BCUT2D eigenvalue weighted by Gasteiger charge is 2.14. The normalized spacial score (nSPS) is 12.4. The van der Waals surface area contributed by atoms with E-state index in [4.69, 9.17) is 0 Å². The van der Waals surface area contributed by atoms with Crippen molar-refractivity contribution < 1.29 is 13.2 Å². The van der Waals surface area contributed by atoms with Crippen LogP contribution >= 0.6 is 0 Å². The molecule has 0 bridgehead atoms. The average Bonchev–Trinajstić information content (AvgIpc) is 2.41. The highest BCUT2D eigenvalue weighted by Crippen LogP contribution is 2.22. The lowest BCUT2D eigenvalue weighted by atomic mass is 9.96. The Morgan fingerprint density at radius 3 is 2.35 bits per heavy atom. The van der Waals surface area contributed by atoms with E-state index in [1.807, 2.05) is 6.92 Å². The quantitative estimate of drug-likeness (QED) is 0.894. The molecule has 1 N–H and O–H groups in total. The van der Waals surface area contributed by atoms with Crippen LogP contribution in [-0.2, 0) is 6.42 Å². The first-order valence-electron chi connectivity index (χ1n) is 6.38. The molecule has 2 rings (SSSR count). The van der Waals surface area contributed by atoms with Crippen LogP contribution in [0.2, 0.25) is 0 Å². The minimum atomic E-state index is -0.862. The van der Waals surface area contributed by atoms with Crippen LogP contribution in [0.4, 0.5) is 13.2 Å². The number of rotatable bonds is 4. The molecule has 1 unspecified atom stereocenters. The Morgan fingerprint density at radius 1 is 1.00 bits per heavy atom. The zero-order valence-electron chi connectivity index (χ0n) is 11.4. The molecule has 0 aliphatic heterocycles. The topological polar surface area (TPSA) is 12.0 Å². The highest BCUT2D eigenvalue weighted by molar-refractivity contribution is 5.30. The molecule has 1 atom stereocenters. The van der Waals surface area contributed by atoms with Crippen molar-refractivity contribution >= 4 is 0 Å². The van der Waals surface area contributed by atoms with Gasteiger partial charge in [-0.2, -0.15) is 0 Å². The van der Waals surface area contributed by atoms with Crippen LogP contribution in [0.1, 0.15) is 22.7 Å². The Labute approximate surface area is 116 Å². The number of nitrogens with one attached hydrogen (secondary N) is 1. The van der Waals surface area contributed by atoms with Gasteiger partial charge in [0, 0.05) is 6.04 Å². The number of halogens is 3. The third-order valence-corrected chi connectivity index (χ3v) is 3.42. The second-order valence-corrected chi connectivity index (χ2v) is 4.79. The Morgan fingerprint density at radius 2 is 1.75 bits per heavy atom. The molecule has 0 fully saturated rings. The van der Waals surface area contributed by atoms with Crippen LogP contribution in [0.3, 0.4) is 0 Å². The molecule has 0 radical (unpaired) electrons. The minimum absolute atomic E-state index is 0.158. The maximum atomic E-state index is 13.3. The summed E-state index contributed by atoms with van der Waals surface area (Å²) in [5.74, 6) is -2.00. The largest absolute Gasteiger partial charge is 0.313 e. The Hall–Kier alpha value is -1.81. The molecule has 106 valence electrons. The van der Waals surface area contributed by atoms with Crippen LogP contribution in [-0.4, -0.2) is 7.05 Å². The maximum Gasteiger partial charge on any atom is 0.159 e. The van der Waals surface area contributed by atoms with Gasteiger partial charge in [-0.25, -0.2) is 13.2 Å². The van der Waals surface area contributed by atoms with Crippen molar-refractivity contribution in [2.75, 3.05) is 7.05 Å². The smallest absolute Gasteiger partial charge is 0.159 e. The molecular weight excluding hydrogens is 263 g/mol. The van der Waals surface area contributed by atoms with Gasteiger partial charge in [0.25, 0.3) is 0 Å². The predicted molar refractivity (Wildman–Crippen MR) is 73.0 cm³/mol. The number of hydrogen-bond acceptors (Lipinski definition) is 1. The van der Waals surface area contributed by atoms with Crippen LogP contribution in [0.15, 0.2) is 36.4 Å². The molecule has 0 saturated carbocycles. The van der Waals surface area contributed by atoms with Gasteiger partial charge in [0.05, 0.1) is 0 Å². The van der Waals surface area contributed by atoms with E-state index in [0.717, 1.165) is 17.2 Å². The maximum absolute atomic E-state index is 13.3. The second kappa shape index (κ2) is 6.09.